The fraction of sp³-hybridized carbons (Fsp3) is 0.615. The van der Waals surface area contributed by atoms with Gasteiger partial charge in [-0.2, -0.15) is 13.2 Å². The maximum absolute atomic E-state index is 13.1. The molecule has 0 radical (unpaired) electrons. The van der Waals surface area contributed by atoms with Crippen LogP contribution in [0.3, 0.4) is 0 Å². The predicted octanol–water partition coefficient (Wildman–Crippen LogP) is 3.07. The van der Waals surface area contributed by atoms with E-state index >= 15 is 0 Å². The first kappa shape index (κ1) is 14.9. The highest BCUT2D eigenvalue weighted by Gasteiger charge is 2.64. The van der Waals surface area contributed by atoms with Crippen LogP contribution < -0.4 is 0 Å². The number of hydrogen-bond acceptors (Lipinski definition) is 3. The van der Waals surface area contributed by atoms with Gasteiger partial charge in [-0.05, 0) is 25.0 Å². The summed E-state index contributed by atoms with van der Waals surface area (Å²) in [6.07, 6.45) is -3.17. The molecule has 7 heteroatoms. The molecule has 4 nitrogen and oxygen atoms in total. The summed E-state index contributed by atoms with van der Waals surface area (Å²) in [7, 11) is 0. The second kappa shape index (κ2) is 5.12. The van der Waals surface area contributed by atoms with Crippen LogP contribution in [0.2, 0.25) is 0 Å². The van der Waals surface area contributed by atoms with Gasteiger partial charge in [0.1, 0.15) is 5.76 Å². The number of carboxylic acid groups (broad SMARTS) is 1. The topological polar surface area (TPSA) is 53.7 Å². The number of furan rings is 1. The molecule has 0 bridgehead atoms. The van der Waals surface area contributed by atoms with E-state index in [1.165, 1.54) is 6.26 Å². The van der Waals surface area contributed by atoms with Crippen molar-refractivity contribution in [3.63, 3.8) is 0 Å². The Bertz CT molecular complexity index is 472. The highest BCUT2D eigenvalue weighted by atomic mass is 19.4. The average Bonchev–Trinajstić information content (AvgIpc) is 2.98. The SMILES string of the molecule is CCC(c1ccco1)N1CCC(C(=O)O)(C(F)(F)F)C1. The van der Waals surface area contributed by atoms with Crippen LogP contribution in [0.5, 0.6) is 0 Å². The van der Waals surface area contributed by atoms with Crippen molar-refractivity contribution in [3.05, 3.63) is 24.2 Å². The van der Waals surface area contributed by atoms with E-state index in [-0.39, 0.29) is 12.6 Å². The fourth-order valence-corrected chi connectivity index (χ4v) is 2.75. The Morgan fingerprint density at radius 3 is 2.70 bits per heavy atom. The number of nitrogens with zero attached hydrogens (tertiary/aromatic N) is 1. The number of carboxylic acids is 1. The summed E-state index contributed by atoms with van der Waals surface area (Å²) >= 11 is 0. The second-order valence-electron chi connectivity index (χ2n) is 5.04. The van der Waals surface area contributed by atoms with Gasteiger partial charge < -0.3 is 9.52 Å². The van der Waals surface area contributed by atoms with E-state index in [9.17, 15) is 18.0 Å². The standard InChI is InChI=1S/C13H16F3NO3/c1-2-9(10-4-3-7-20-10)17-6-5-12(8-17,11(18)19)13(14,15)16/h3-4,7,9H,2,5-6,8H2,1H3,(H,18,19). The molecule has 20 heavy (non-hydrogen) atoms. The van der Waals surface area contributed by atoms with Crippen LogP contribution in [0.25, 0.3) is 0 Å². The number of likely N-dealkylation sites (tertiary alicyclic amines) is 1. The molecule has 1 N–H and O–H groups in total. The van der Waals surface area contributed by atoms with E-state index in [0.29, 0.717) is 12.2 Å². The first-order valence-electron chi connectivity index (χ1n) is 6.39. The molecule has 1 aromatic heterocycles. The lowest BCUT2D eigenvalue weighted by molar-refractivity contribution is -0.228. The summed E-state index contributed by atoms with van der Waals surface area (Å²) < 4.78 is 44.6. The van der Waals surface area contributed by atoms with Gasteiger partial charge in [0.05, 0.1) is 12.3 Å². The minimum Gasteiger partial charge on any atom is -0.481 e. The molecule has 0 aliphatic carbocycles. The van der Waals surface area contributed by atoms with Gasteiger partial charge >= 0.3 is 12.1 Å². The van der Waals surface area contributed by atoms with Gasteiger partial charge in [-0.1, -0.05) is 6.92 Å². The summed E-state index contributed by atoms with van der Waals surface area (Å²) in [5.41, 5.74) is -2.67. The molecule has 0 amide bonds. The van der Waals surface area contributed by atoms with Crippen molar-refractivity contribution in [1.82, 2.24) is 4.90 Å². The Morgan fingerprint density at radius 1 is 1.60 bits per heavy atom. The Kier molecular flexibility index (Phi) is 3.82. The van der Waals surface area contributed by atoms with Crippen molar-refractivity contribution in [2.45, 2.75) is 32.0 Å². The number of rotatable bonds is 4. The zero-order valence-corrected chi connectivity index (χ0v) is 11.0. The van der Waals surface area contributed by atoms with E-state index in [1.807, 2.05) is 6.92 Å². The summed E-state index contributed by atoms with van der Waals surface area (Å²) in [5, 5.41) is 9.03. The predicted molar refractivity (Wildman–Crippen MR) is 64.1 cm³/mol. The lowest BCUT2D eigenvalue weighted by Gasteiger charge is -2.30. The third kappa shape index (κ3) is 2.30. The monoisotopic (exact) mass is 291 g/mol. The highest BCUT2D eigenvalue weighted by molar-refractivity contribution is 5.76. The maximum Gasteiger partial charge on any atom is 0.406 e. The molecule has 1 aliphatic heterocycles. The quantitative estimate of drug-likeness (QED) is 0.926. The average molecular weight is 291 g/mol. The van der Waals surface area contributed by atoms with Crippen LogP contribution in [-0.4, -0.2) is 35.2 Å². The third-order valence-electron chi connectivity index (χ3n) is 3.95. The maximum atomic E-state index is 13.1. The Morgan fingerprint density at radius 2 is 2.30 bits per heavy atom. The van der Waals surface area contributed by atoms with Gasteiger partial charge in [-0.15, -0.1) is 0 Å². The van der Waals surface area contributed by atoms with Crippen molar-refractivity contribution < 1.29 is 27.5 Å². The Balaban J connectivity index is 2.24. The highest BCUT2D eigenvalue weighted by Crippen LogP contribution is 2.47. The van der Waals surface area contributed by atoms with Crippen molar-refractivity contribution in [2.24, 2.45) is 5.41 Å². The molecule has 1 aliphatic rings. The summed E-state index contributed by atoms with van der Waals surface area (Å²) in [4.78, 5) is 12.7. The van der Waals surface area contributed by atoms with E-state index in [4.69, 9.17) is 9.52 Å². The van der Waals surface area contributed by atoms with Gasteiger partial charge in [0, 0.05) is 13.1 Å². The molecule has 1 saturated heterocycles. The molecule has 0 aromatic carbocycles. The van der Waals surface area contributed by atoms with Gasteiger partial charge in [0.25, 0.3) is 0 Å². The largest absolute Gasteiger partial charge is 0.481 e. The number of halogens is 3. The lowest BCUT2D eigenvalue weighted by Crippen LogP contribution is -2.47. The molecule has 1 fully saturated rings. The molecule has 2 heterocycles. The molecular weight excluding hydrogens is 275 g/mol. The minimum absolute atomic E-state index is 0.0883. The molecule has 112 valence electrons. The van der Waals surface area contributed by atoms with Crippen LogP contribution >= 0.6 is 0 Å². The first-order valence-corrected chi connectivity index (χ1v) is 6.39. The first-order chi connectivity index (χ1) is 9.32. The minimum atomic E-state index is -4.75. The Labute approximate surface area is 114 Å². The van der Waals surface area contributed by atoms with Crippen LogP contribution in [0, 0.1) is 5.41 Å². The fourth-order valence-electron chi connectivity index (χ4n) is 2.75. The number of alkyl halides is 3. The normalized spacial score (nSPS) is 25.8. The van der Waals surface area contributed by atoms with Crippen LogP contribution in [0.1, 0.15) is 31.6 Å². The van der Waals surface area contributed by atoms with Crippen molar-refractivity contribution in [1.29, 1.82) is 0 Å². The van der Waals surface area contributed by atoms with Crippen molar-refractivity contribution >= 4 is 5.97 Å². The second-order valence-corrected chi connectivity index (χ2v) is 5.04. The lowest BCUT2D eigenvalue weighted by atomic mass is 9.86. The number of hydrogen-bond donors (Lipinski definition) is 1. The zero-order valence-electron chi connectivity index (χ0n) is 11.0. The van der Waals surface area contributed by atoms with Crippen molar-refractivity contribution in [3.8, 4) is 0 Å². The van der Waals surface area contributed by atoms with E-state index in [1.54, 1.807) is 17.0 Å². The molecule has 0 spiro atoms. The van der Waals surface area contributed by atoms with Crippen molar-refractivity contribution in [2.75, 3.05) is 13.1 Å². The molecule has 1 aromatic rings. The molecule has 0 saturated carbocycles. The molecular formula is C13H16F3NO3. The van der Waals surface area contributed by atoms with Gasteiger partial charge in [0.2, 0.25) is 0 Å². The summed E-state index contributed by atoms with van der Waals surface area (Å²) in [6.45, 7) is 1.39. The number of aliphatic carboxylic acids is 1. The molecule has 2 rings (SSSR count). The van der Waals surface area contributed by atoms with E-state index in [2.05, 4.69) is 0 Å². The zero-order chi connectivity index (χ0) is 15.0. The summed E-state index contributed by atoms with van der Waals surface area (Å²) in [6, 6.07) is 3.04. The van der Waals surface area contributed by atoms with Gasteiger partial charge in [-0.25, -0.2) is 0 Å². The third-order valence-corrected chi connectivity index (χ3v) is 3.95. The van der Waals surface area contributed by atoms with Gasteiger partial charge in [-0.3, -0.25) is 9.69 Å². The van der Waals surface area contributed by atoms with E-state index in [0.717, 1.165) is 0 Å². The van der Waals surface area contributed by atoms with Gasteiger partial charge in [0.15, 0.2) is 5.41 Å². The van der Waals surface area contributed by atoms with Crippen LogP contribution in [-0.2, 0) is 4.79 Å². The molecule has 2 atom stereocenters. The number of carbonyl (C=O) groups is 1. The molecule has 2 unspecified atom stereocenters. The summed E-state index contributed by atoms with van der Waals surface area (Å²) in [5.74, 6) is -1.24. The van der Waals surface area contributed by atoms with E-state index < -0.39 is 30.5 Å². The Hall–Kier alpha value is -1.50. The van der Waals surface area contributed by atoms with Crippen LogP contribution in [0.4, 0.5) is 13.2 Å². The smallest absolute Gasteiger partial charge is 0.406 e. The van der Waals surface area contributed by atoms with Crippen LogP contribution in [0.15, 0.2) is 22.8 Å².